The maximum atomic E-state index is 12.4. The number of morpholine rings is 1. The molecule has 1 aliphatic rings. The third-order valence-corrected chi connectivity index (χ3v) is 4.46. The van der Waals surface area contributed by atoms with E-state index in [0.717, 1.165) is 25.2 Å². The van der Waals surface area contributed by atoms with Crippen LogP contribution in [-0.4, -0.2) is 56.1 Å². The molecule has 0 bridgehead atoms. The van der Waals surface area contributed by atoms with Crippen LogP contribution in [0.15, 0.2) is 53.1 Å². The Morgan fingerprint density at radius 2 is 1.85 bits per heavy atom. The Kier molecular flexibility index (Phi) is 7.01. The van der Waals surface area contributed by atoms with Gasteiger partial charge in [-0.05, 0) is 17.7 Å². The fourth-order valence-electron chi connectivity index (χ4n) is 3.01. The summed E-state index contributed by atoms with van der Waals surface area (Å²) in [6.07, 6.45) is 1.65. The Bertz CT molecular complexity index is 712. The smallest absolute Gasteiger partial charge is 0.286 e. The molecule has 7 heteroatoms. The lowest BCUT2D eigenvalue weighted by atomic mass is 10.1. The van der Waals surface area contributed by atoms with Gasteiger partial charge in [0.05, 0.1) is 25.5 Å². The van der Waals surface area contributed by atoms with Gasteiger partial charge in [0.25, 0.3) is 5.91 Å². The van der Waals surface area contributed by atoms with E-state index >= 15 is 0 Å². The van der Waals surface area contributed by atoms with Gasteiger partial charge in [-0.15, -0.1) is 0 Å². The normalized spacial score (nSPS) is 15.9. The highest BCUT2D eigenvalue weighted by atomic mass is 16.5. The molecule has 1 fully saturated rings. The number of nitrogens with one attached hydrogen (secondary N) is 2. The molecule has 0 spiro atoms. The Balaban J connectivity index is 1.51. The fourth-order valence-corrected chi connectivity index (χ4v) is 3.01. The van der Waals surface area contributed by atoms with Gasteiger partial charge in [-0.1, -0.05) is 30.3 Å². The van der Waals surface area contributed by atoms with Crippen molar-refractivity contribution in [2.24, 2.45) is 0 Å². The molecule has 1 saturated heterocycles. The minimum absolute atomic E-state index is 0.0995. The van der Waals surface area contributed by atoms with Crippen LogP contribution >= 0.6 is 0 Å². The standard InChI is InChI=1S/C20H25N3O4/c24-19(8-9-21-20(25)18-7-4-12-27-18)22-17(16-5-2-1-3-6-16)15-23-10-13-26-14-11-23/h1-7,12,17H,8-11,13-15H2,(H,21,25)(H,22,24). The van der Waals surface area contributed by atoms with Crippen LogP contribution in [-0.2, 0) is 9.53 Å². The predicted molar refractivity (Wildman–Crippen MR) is 100 cm³/mol. The van der Waals surface area contributed by atoms with Crippen molar-refractivity contribution in [3.05, 3.63) is 60.1 Å². The molecule has 0 saturated carbocycles. The van der Waals surface area contributed by atoms with Gasteiger partial charge in [-0.3, -0.25) is 14.5 Å². The summed E-state index contributed by atoms with van der Waals surface area (Å²) in [5.74, 6) is -0.178. The summed E-state index contributed by atoms with van der Waals surface area (Å²) in [5, 5.41) is 5.78. The highest BCUT2D eigenvalue weighted by molar-refractivity contribution is 5.91. The second-order valence-electron chi connectivity index (χ2n) is 6.43. The molecule has 2 heterocycles. The van der Waals surface area contributed by atoms with Crippen molar-refractivity contribution in [3.8, 4) is 0 Å². The van der Waals surface area contributed by atoms with Crippen molar-refractivity contribution in [1.82, 2.24) is 15.5 Å². The van der Waals surface area contributed by atoms with Crippen molar-refractivity contribution in [3.63, 3.8) is 0 Å². The van der Waals surface area contributed by atoms with E-state index in [9.17, 15) is 9.59 Å². The zero-order valence-electron chi connectivity index (χ0n) is 15.2. The number of amides is 2. The third-order valence-electron chi connectivity index (χ3n) is 4.46. The van der Waals surface area contributed by atoms with Crippen LogP contribution in [0.4, 0.5) is 0 Å². The molecule has 2 aromatic rings. The molecule has 1 aromatic heterocycles. The van der Waals surface area contributed by atoms with E-state index in [2.05, 4.69) is 15.5 Å². The van der Waals surface area contributed by atoms with E-state index in [0.29, 0.717) is 13.2 Å². The zero-order chi connectivity index (χ0) is 18.9. The van der Waals surface area contributed by atoms with Gasteiger partial charge in [-0.25, -0.2) is 0 Å². The first-order valence-electron chi connectivity index (χ1n) is 9.18. The molecule has 7 nitrogen and oxygen atoms in total. The highest BCUT2D eigenvalue weighted by Gasteiger charge is 2.20. The highest BCUT2D eigenvalue weighted by Crippen LogP contribution is 2.15. The Morgan fingerprint density at radius 3 is 2.56 bits per heavy atom. The molecule has 1 unspecified atom stereocenters. The number of carbonyl (C=O) groups excluding carboxylic acids is 2. The molecule has 1 aromatic carbocycles. The summed E-state index contributed by atoms with van der Waals surface area (Å²) in [7, 11) is 0. The lowest BCUT2D eigenvalue weighted by Gasteiger charge is -2.31. The van der Waals surface area contributed by atoms with Crippen LogP contribution in [0.2, 0.25) is 0 Å². The summed E-state index contributed by atoms with van der Waals surface area (Å²) < 4.78 is 10.4. The molecule has 1 atom stereocenters. The number of ether oxygens (including phenoxy) is 1. The largest absolute Gasteiger partial charge is 0.459 e. The Labute approximate surface area is 158 Å². The van der Waals surface area contributed by atoms with Crippen molar-refractivity contribution >= 4 is 11.8 Å². The first-order valence-corrected chi connectivity index (χ1v) is 9.18. The summed E-state index contributed by atoms with van der Waals surface area (Å²) in [6, 6.07) is 13.1. The van der Waals surface area contributed by atoms with E-state index in [1.807, 2.05) is 30.3 Å². The van der Waals surface area contributed by atoms with Gasteiger partial charge in [0.15, 0.2) is 5.76 Å². The summed E-state index contributed by atoms with van der Waals surface area (Å²) in [4.78, 5) is 26.5. The van der Waals surface area contributed by atoms with Crippen LogP contribution in [0.3, 0.4) is 0 Å². The lowest BCUT2D eigenvalue weighted by Crippen LogP contribution is -2.43. The summed E-state index contributed by atoms with van der Waals surface area (Å²) in [6.45, 7) is 4.14. The molecule has 0 radical (unpaired) electrons. The van der Waals surface area contributed by atoms with E-state index in [1.54, 1.807) is 12.1 Å². The van der Waals surface area contributed by atoms with Crippen LogP contribution < -0.4 is 10.6 Å². The van der Waals surface area contributed by atoms with E-state index in [4.69, 9.17) is 9.15 Å². The number of hydrogen-bond acceptors (Lipinski definition) is 5. The van der Waals surface area contributed by atoms with Gasteiger partial charge in [0.1, 0.15) is 0 Å². The quantitative estimate of drug-likeness (QED) is 0.736. The molecule has 27 heavy (non-hydrogen) atoms. The minimum Gasteiger partial charge on any atom is -0.459 e. The molecular weight excluding hydrogens is 346 g/mol. The predicted octanol–water partition coefficient (Wildman–Crippen LogP) is 1.59. The van der Waals surface area contributed by atoms with Gasteiger partial charge in [0.2, 0.25) is 5.91 Å². The molecule has 3 rings (SSSR count). The second kappa shape index (κ2) is 9.89. The molecule has 144 valence electrons. The Morgan fingerprint density at radius 1 is 1.07 bits per heavy atom. The zero-order valence-corrected chi connectivity index (χ0v) is 15.2. The average Bonchev–Trinajstić information content (AvgIpc) is 3.24. The first kappa shape index (κ1) is 19.1. The van der Waals surface area contributed by atoms with Gasteiger partial charge >= 0.3 is 0 Å². The maximum Gasteiger partial charge on any atom is 0.286 e. The van der Waals surface area contributed by atoms with Crippen LogP contribution in [0.25, 0.3) is 0 Å². The van der Waals surface area contributed by atoms with Crippen LogP contribution in [0, 0.1) is 0 Å². The molecular formula is C20H25N3O4. The van der Waals surface area contributed by atoms with Crippen molar-refractivity contribution in [2.45, 2.75) is 12.5 Å². The lowest BCUT2D eigenvalue weighted by molar-refractivity contribution is -0.121. The first-order chi connectivity index (χ1) is 13.2. The van der Waals surface area contributed by atoms with Crippen molar-refractivity contribution in [2.75, 3.05) is 39.4 Å². The maximum absolute atomic E-state index is 12.4. The molecule has 2 amide bonds. The van der Waals surface area contributed by atoms with E-state index in [1.165, 1.54) is 6.26 Å². The molecule has 0 aliphatic carbocycles. The number of nitrogens with zero attached hydrogens (tertiary/aromatic N) is 1. The molecule has 1 aliphatic heterocycles. The topological polar surface area (TPSA) is 83.8 Å². The Hall–Kier alpha value is -2.64. The van der Waals surface area contributed by atoms with E-state index < -0.39 is 0 Å². The van der Waals surface area contributed by atoms with Crippen LogP contribution in [0.1, 0.15) is 28.6 Å². The number of rotatable bonds is 8. The fraction of sp³-hybridized carbons (Fsp3) is 0.400. The average molecular weight is 371 g/mol. The molecule has 2 N–H and O–H groups in total. The van der Waals surface area contributed by atoms with Crippen molar-refractivity contribution < 1.29 is 18.7 Å². The van der Waals surface area contributed by atoms with Gasteiger partial charge in [-0.2, -0.15) is 0 Å². The number of benzene rings is 1. The van der Waals surface area contributed by atoms with Crippen molar-refractivity contribution in [1.29, 1.82) is 0 Å². The number of furan rings is 1. The number of carbonyl (C=O) groups is 2. The van der Waals surface area contributed by atoms with E-state index in [-0.39, 0.29) is 36.6 Å². The monoisotopic (exact) mass is 371 g/mol. The summed E-state index contributed by atoms with van der Waals surface area (Å²) >= 11 is 0. The van der Waals surface area contributed by atoms with Gasteiger partial charge < -0.3 is 19.8 Å². The second-order valence-corrected chi connectivity index (χ2v) is 6.43. The minimum atomic E-state index is -0.319. The SMILES string of the molecule is O=C(CCNC(=O)c1ccco1)NC(CN1CCOCC1)c1ccccc1. The third kappa shape index (κ3) is 5.94. The summed E-state index contributed by atoms with van der Waals surface area (Å²) in [5.41, 5.74) is 1.07. The number of hydrogen-bond donors (Lipinski definition) is 2. The van der Waals surface area contributed by atoms with Gasteiger partial charge in [0, 0.05) is 32.6 Å². The van der Waals surface area contributed by atoms with Crippen LogP contribution in [0.5, 0.6) is 0 Å².